The fourth-order valence-corrected chi connectivity index (χ4v) is 3.21. The van der Waals surface area contributed by atoms with E-state index in [9.17, 15) is 0 Å². The van der Waals surface area contributed by atoms with Crippen LogP contribution in [0.2, 0.25) is 0 Å². The minimum atomic E-state index is -0.00305. The molecule has 0 saturated heterocycles. The molecule has 0 radical (unpaired) electrons. The number of nitrogens with zero attached hydrogens (tertiary/aromatic N) is 2. The molecule has 1 heterocycles. The third-order valence-corrected chi connectivity index (χ3v) is 4.50. The number of rotatable bonds is 3. The van der Waals surface area contributed by atoms with Crippen LogP contribution in [-0.2, 0) is 0 Å². The topological polar surface area (TPSA) is 37.8 Å². The summed E-state index contributed by atoms with van der Waals surface area (Å²) in [6, 6.07) is 8.08. The van der Waals surface area contributed by atoms with E-state index in [4.69, 9.17) is 11.6 Å². The van der Waals surface area contributed by atoms with Crippen LogP contribution in [0.4, 0.5) is 5.82 Å². The molecule has 0 aliphatic heterocycles. The summed E-state index contributed by atoms with van der Waals surface area (Å²) in [5.74, 6) is 1.54. The molecular weight excluding hydrogens is 258 g/mol. The fraction of sp³-hybridized carbons (Fsp3) is 0.467. The SMILES string of the molecule is ClCC1(Nc2ncnc3ccccc23)CCCCC1. The molecule has 2 aromatic rings. The van der Waals surface area contributed by atoms with Gasteiger partial charge in [0.05, 0.1) is 11.1 Å². The van der Waals surface area contributed by atoms with Gasteiger partial charge in [0, 0.05) is 11.3 Å². The molecule has 1 aliphatic carbocycles. The third-order valence-electron chi connectivity index (χ3n) is 3.99. The summed E-state index contributed by atoms with van der Waals surface area (Å²) in [5.41, 5.74) is 0.970. The average Bonchev–Trinajstić information content (AvgIpc) is 2.49. The van der Waals surface area contributed by atoms with E-state index in [0.29, 0.717) is 5.88 Å². The lowest BCUT2D eigenvalue weighted by molar-refractivity contribution is 0.353. The highest BCUT2D eigenvalue weighted by atomic mass is 35.5. The highest BCUT2D eigenvalue weighted by molar-refractivity contribution is 6.19. The predicted octanol–water partition coefficient (Wildman–Crippen LogP) is 3.98. The molecular formula is C15H18ClN3. The summed E-state index contributed by atoms with van der Waals surface area (Å²) in [7, 11) is 0. The van der Waals surface area contributed by atoms with Gasteiger partial charge in [0.15, 0.2) is 0 Å². The molecule has 19 heavy (non-hydrogen) atoms. The first-order valence-electron chi connectivity index (χ1n) is 6.87. The lowest BCUT2D eigenvalue weighted by Gasteiger charge is -2.37. The van der Waals surface area contributed by atoms with Gasteiger partial charge in [-0.05, 0) is 25.0 Å². The van der Waals surface area contributed by atoms with Crippen LogP contribution >= 0.6 is 11.6 Å². The maximum Gasteiger partial charge on any atom is 0.137 e. The zero-order valence-corrected chi connectivity index (χ0v) is 11.7. The number of aromatic nitrogens is 2. The molecule has 1 aromatic carbocycles. The number of fused-ring (bicyclic) bond motifs is 1. The van der Waals surface area contributed by atoms with Gasteiger partial charge in [-0.15, -0.1) is 11.6 Å². The monoisotopic (exact) mass is 275 g/mol. The van der Waals surface area contributed by atoms with Gasteiger partial charge in [0.2, 0.25) is 0 Å². The second kappa shape index (κ2) is 5.33. The molecule has 3 nitrogen and oxygen atoms in total. The highest BCUT2D eigenvalue weighted by Crippen LogP contribution is 2.33. The quantitative estimate of drug-likeness (QED) is 0.861. The van der Waals surface area contributed by atoms with Gasteiger partial charge in [0.1, 0.15) is 12.1 Å². The van der Waals surface area contributed by atoms with Gasteiger partial charge in [-0.25, -0.2) is 9.97 Å². The van der Waals surface area contributed by atoms with Crippen LogP contribution in [0.5, 0.6) is 0 Å². The van der Waals surface area contributed by atoms with Crippen LogP contribution in [0, 0.1) is 0 Å². The molecule has 0 unspecified atom stereocenters. The Hall–Kier alpha value is -1.35. The van der Waals surface area contributed by atoms with Crippen molar-refractivity contribution in [2.75, 3.05) is 11.2 Å². The second-order valence-corrected chi connectivity index (χ2v) is 5.61. The summed E-state index contributed by atoms with van der Waals surface area (Å²) in [6.07, 6.45) is 7.65. The van der Waals surface area contributed by atoms with Gasteiger partial charge >= 0.3 is 0 Å². The number of benzene rings is 1. The second-order valence-electron chi connectivity index (χ2n) is 5.34. The number of para-hydroxylation sites is 1. The summed E-state index contributed by atoms with van der Waals surface area (Å²) in [5, 5.41) is 4.67. The number of hydrogen-bond acceptors (Lipinski definition) is 3. The molecule has 0 amide bonds. The maximum atomic E-state index is 6.23. The van der Waals surface area contributed by atoms with Crippen molar-refractivity contribution < 1.29 is 0 Å². The maximum absolute atomic E-state index is 6.23. The lowest BCUT2D eigenvalue weighted by atomic mass is 9.83. The zero-order valence-electron chi connectivity index (χ0n) is 10.9. The molecule has 1 saturated carbocycles. The smallest absolute Gasteiger partial charge is 0.137 e. The van der Waals surface area contributed by atoms with Gasteiger partial charge in [-0.2, -0.15) is 0 Å². The van der Waals surface area contributed by atoms with E-state index in [-0.39, 0.29) is 5.54 Å². The Morgan fingerprint density at radius 3 is 2.68 bits per heavy atom. The molecule has 1 aliphatic rings. The Bertz CT molecular complexity index is 559. The van der Waals surface area contributed by atoms with Crippen molar-refractivity contribution in [3.8, 4) is 0 Å². The average molecular weight is 276 g/mol. The van der Waals surface area contributed by atoms with Crippen molar-refractivity contribution in [2.45, 2.75) is 37.6 Å². The van der Waals surface area contributed by atoms with Gasteiger partial charge in [-0.1, -0.05) is 31.4 Å². The molecule has 1 aromatic heterocycles. The lowest BCUT2D eigenvalue weighted by Crippen LogP contribution is -2.42. The standard InChI is InChI=1S/C15H18ClN3/c16-10-15(8-4-1-5-9-15)19-14-12-6-2-3-7-13(12)17-11-18-14/h2-3,6-7,11H,1,4-5,8-10H2,(H,17,18,19). The Morgan fingerprint density at radius 1 is 1.11 bits per heavy atom. The van der Waals surface area contributed by atoms with Crippen molar-refractivity contribution >= 4 is 28.3 Å². The first-order chi connectivity index (χ1) is 9.33. The largest absolute Gasteiger partial charge is 0.363 e. The van der Waals surface area contributed by atoms with Crippen LogP contribution < -0.4 is 5.32 Å². The van der Waals surface area contributed by atoms with E-state index in [2.05, 4.69) is 21.4 Å². The van der Waals surface area contributed by atoms with Crippen molar-refractivity contribution in [3.05, 3.63) is 30.6 Å². The first-order valence-corrected chi connectivity index (χ1v) is 7.40. The molecule has 0 atom stereocenters. The highest BCUT2D eigenvalue weighted by Gasteiger charge is 2.31. The molecule has 0 bridgehead atoms. The van der Waals surface area contributed by atoms with Crippen LogP contribution in [0.1, 0.15) is 32.1 Å². The number of hydrogen-bond donors (Lipinski definition) is 1. The molecule has 3 rings (SSSR count). The molecule has 4 heteroatoms. The van der Waals surface area contributed by atoms with Gasteiger partial charge < -0.3 is 5.32 Å². The summed E-state index contributed by atoms with van der Waals surface area (Å²) < 4.78 is 0. The summed E-state index contributed by atoms with van der Waals surface area (Å²) >= 11 is 6.23. The van der Waals surface area contributed by atoms with Crippen LogP contribution in [0.25, 0.3) is 10.9 Å². The van der Waals surface area contributed by atoms with E-state index in [1.54, 1.807) is 6.33 Å². The van der Waals surface area contributed by atoms with E-state index in [1.807, 2.05) is 18.2 Å². The van der Waals surface area contributed by atoms with Crippen molar-refractivity contribution in [3.63, 3.8) is 0 Å². The van der Waals surface area contributed by atoms with Crippen molar-refractivity contribution in [1.29, 1.82) is 0 Å². The Kier molecular flexibility index (Phi) is 3.56. The Labute approximate surface area is 118 Å². The number of alkyl halides is 1. The zero-order chi connectivity index (χ0) is 13.1. The van der Waals surface area contributed by atoms with Crippen molar-refractivity contribution in [1.82, 2.24) is 9.97 Å². The van der Waals surface area contributed by atoms with Crippen LogP contribution in [0.3, 0.4) is 0 Å². The number of nitrogens with one attached hydrogen (secondary N) is 1. The van der Waals surface area contributed by atoms with Gasteiger partial charge in [0.25, 0.3) is 0 Å². The minimum absolute atomic E-state index is 0.00305. The first kappa shape index (κ1) is 12.7. The molecule has 100 valence electrons. The number of halogens is 1. The van der Waals surface area contributed by atoms with E-state index in [1.165, 1.54) is 19.3 Å². The Balaban J connectivity index is 1.96. The van der Waals surface area contributed by atoms with Crippen LogP contribution in [0.15, 0.2) is 30.6 Å². The minimum Gasteiger partial charge on any atom is -0.363 e. The van der Waals surface area contributed by atoms with Crippen molar-refractivity contribution in [2.24, 2.45) is 0 Å². The van der Waals surface area contributed by atoms with E-state index < -0.39 is 0 Å². The molecule has 1 N–H and O–H groups in total. The fourth-order valence-electron chi connectivity index (χ4n) is 2.88. The summed E-state index contributed by atoms with van der Waals surface area (Å²) in [4.78, 5) is 8.71. The normalized spacial score (nSPS) is 18.4. The third kappa shape index (κ3) is 2.52. The molecule has 1 fully saturated rings. The van der Waals surface area contributed by atoms with E-state index >= 15 is 0 Å². The Morgan fingerprint density at radius 2 is 1.89 bits per heavy atom. The van der Waals surface area contributed by atoms with Gasteiger partial charge in [-0.3, -0.25) is 0 Å². The van der Waals surface area contributed by atoms with E-state index in [0.717, 1.165) is 29.6 Å². The summed E-state index contributed by atoms with van der Waals surface area (Å²) in [6.45, 7) is 0. The predicted molar refractivity (Wildman–Crippen MR) is 79.7 cm³/mol. The molecule has 0 spiro atoms. The van der Waals surface area contributed by atoms with Crippen LogP contribution in [-0.4, -0.2) is 21.4 Å². The number of anilines is 1.